The van der Waals surface area contributed by atoms with E-state index in [1.165, 1.54) is 10.5 Å². The lowest BCUT2D eigenvalue weighted by Gasteiger charge is -2.00. The zero-order valence-corrected chi connectivity index (χ0v) is 9.38. The average Bonchev–Trinajstić information content (AvgIpc) is 2.63. The van der Waals surface area contributed by atoms with Crippen molar-refractivity contribution < 1.29 is 4.42 Å². The Kier molecular flexibility index (Phi) is 3.02. The van der Waals surface area contributed by atoms with E-state index in [1.54, 1.807) is 18.0 Å². The minimum Gasteiger partial charge on any atom is -0.468 e. The van der Waals surface area contributed by atoms with Gasteiger partial charge in [-0.2, -0.15) is 0 Å². The summed E-state index contributed by atoms with van der Waals surface area (Å²) >= 11 is 1.75. The van der Waals surface area contributed by atoms with Crippen LogP contribution in [0.2, 0.25) is 0 Å². The maximum atomic E-state index is 5.61. The minimum atomic E-state index is 0.800. The first-order valence-corrected chi connectivity index (χ1v) is 5.75. The third-order valence-corrected chi connectivity index (χ3v) is 3.23. The van der Waals surface area contributed by atoms with E-state index >= 15 is 0 Å². The lowest BCUT2D eigenvalue weighted by molar-refractivity contribution is 0.528. The van der Waals surface area contributed by atoms with Gasteiger partial charge in [-0.1, -0.05) is 0 Å². The summed E-state index contributed by atoms with van der Waals surface area (Å²) in [6.07, 6.45) is 1.73. The predicted molar refractivity (Wildman–Crippen MR) is 63.9 cm³/mol. The standard InChI is InChI=1S/C12H13NOS/c1-9-6-7-14-12(9)8-15-11-4-2-10(13)3-5-11/h2-7H,8,13H2,1H3. The van der Waals surface area contributed by atoms with Crippen LogP contribution in [0.1, 0.15) is 11.3 Å². The molecule has 0 aliphatic rings. The number of hydrogen-bond donors (Lipinski definition) is 1. The number of aryl methyl sites for hydroxylation is 1. The molecule has 2 N–H and O–H groups in total. The predicted octanol–water partition coefficient (Wildman–Crippen LogP) is 3.46. The second-order valence-electron chi connectivity index (χ2n) is 3.38. The lowest BCUT2D eigenvalue weighted by atomic mass is 10.3. The fourth-order valence-corrected chi connectivity index (χ4v) is 2.19. The van der Waals surface area contributed by atoms with Crippen LogP contribution < -0.4 is 5.73 Å². The quantitative estimate of drug-likeness (QED) is 0.634. The number of hydrogen-bond acceptors (Lipinski definition) is 3. The van der Waals surface area contributed by atoms with E-state index in [-0.39, 0.29) is 0 Å². The van der Waals surface area contributed by atoms with Gasteiger partial charge in [0.1, 0.15) is 5.76 Å². The number of benzene rings is 1. The summed E-state index contributed by atoms with van der Waals surface area (Å²) < 4.78 is 5.36. The molecule has 0 fully saturated rings. The van der Waals surface area contributed by atoms with Crippen molar-refractivity contribution in [1.82, 2.24) is 0 Å². The Bertz CT molecular complexity index is 433. The normalized spacial score (nSPS) is 10.5. The highest BCUT2D eigenvalue weighted by atomic mass is 32.2. The van der Waals surface area contributed by atoms with E-state index in [0.29, 0.717) is 0 Å². The van der Waals surface area contributed by atoms with Gasteiger partial charge in [-0.3, -0.25) is 0 Å². The van der Waals surface area contributed by atoms with Crippen LogP contribution in [0.5, 0.6) is 0 Å². The highest BCUT2D eigenvalue weighted by Gasteiger charge is 2.02. The molecule has 15 heavy (non-hydrogen) atoms. The second-order valence-corrected chi connectivity index (χ2v) is 4.43. The summed E-state index contributed by atoms with van der Waals surface area (Å²) in [4.78, 5) is 1.21. The molecule has 0 bridgehead atoms. The summed E-state index contributed by atoms with van der Waals surface area (Å²) in [7, 11) is 0. The van der Waals surface area contributed by atoms with Gasteiger partial charge in [0.25, 0.3) is 0 Å². The highest BCUT2D eigenvalue weighted by molar-refractivity contribution is 7.98. The van der Waals surface area contributed by atoms with Crippen LogP contribution in [0.3, 0.4) is 0 Å². The number of nitrogen functional groups attached to an aromatic ring is 1. The van der Waals surface area contributed by atoms with Gasteiger partial charge in [0, 0.05) is 10.6 Å². The highest BCUT2D eigenvalue weighted by Crippen LogP contribution is 2.25. The Balaban J connectivity index is 1.99. The van der Waals surface area contributed by atoms with Gasteiger partial charge in [-0.25, -0.2) is 0 Å². The third-order valence-electron chi connectivity index (χ3n) is 2.22. The van der Waals surface area contributed by atoms with Crippen molar-refractivity contribution >= 4 is 17.4 Å². The molecule has 1 aromatic heterocycles. The Labute approximate surface area is 93.5 Å². The Morgan fingerprint density at radius 2 is 1.93 bits per heavy atom. The monoisotopic (exact) mass is 219 g/mol. The zero-order valence-electron chi connectivity index (χ0n) is 8.57. The molecule has 2 nitrogen and oxygen atoms in total. The van der Waals surface area contributed by atoms with Crippen molar-refractivity contribution in [2.75, 3.05) is 5.73 Å². The van der Waals surface area contributed by atoms with Crippen LogP contribution in [-0.2, 0) is 5.75 Å². The van der Waals surface area contributed by atoms with Gasteiger partial charge in [-0.15, -0.1) is 11.8 Å². The molecule has 0 saturated heterocycles. The first-order valence-electron chi connectivity index (χ1n) is 4.77. The van der Waals surface area contributed by atoms with Crippen molar-refractivity contribution in [1.29, 1.82) is 0 Å². The smallest absolute Gasteiger partial charge is 0.116 e. The lowest BCUT2D eigenvalue weighted by Crippen LogP contribution is -1.83. The van der Waals surface area contributed by atoms with Gasteiger partial charge in [0.05, 0.1) is 12.0 Å². The average molecular weight is 219 g/mol. The molecule has 0 unspecified atom stereocenters. The number of furan rings is 1. The van der Waals surface area contributed by atoms with Crippen molar-refractivity contribution in [3.63, 3.8) is 0 Å². The number of anilines is 1. The summed E-state index contributed by atoms with van der Waals surface area (Å²) in [6.45, 7) is 2.06. The van der Waals surface area contributed by atoms with E-state index < -0.39 is 0 Å². The fourth-order valence-electron chi connectivity index (χ4n) is 1.26. The Hall–Kier alpha value is -1.35. The summed E-state index contributed by atoms with van der Waals surface area (Å²) in [5.74, 6) is 1.90. The summed E-state index contributed by atoms with van der Waals surface area (Å²) in [5, 5.41) is 0. The van der Waals surface area contributed by atoms with Crippen molar-refractivity contribution in [3.8, 4) is 0 Å². The Morgan fingerprint density at radius 3 is 2.53 bits per heavy atom. The molecule has 2 rings (SSSR count). The third kappa shape index (κ3) is 2.57. The van der Waals surface area contributed by atoms with E-state index in [9.17, 15) is 0 Å². The van der Waals surface area contributed by atoms with Gasteiger partial charge in [-0.05, 0) is 42.8 Å². The molecule has 78 valence electrons. The SMILES string of the molecule is Cc1ccoc1CSc1ccc(N)cc1. The molecule has 3 heteroatoms. The molecule has 1 aromatic carbocycles. The van der Waals surface area contributed by atoms with Crippen LogP contribution in [0.4, 0.5) is 5.69 Å². The maximum absolute atomic E-state index is 5.61. The van der Waals surface area contributed by atoms with Crippen molar-refractivity contribution in [2.24, 2.45) is 0 Å². The van der Waals surface area contributed by atoms with E-state index in [4.69, 9.17) is 10.2 Å². The van der Waals surface area contributed by atoms with Crippen LogP contribution >= 0.6 is 11.8 Å². The second kappa shape index (κ2) is 4.45. The van der Waals surface area contributed by atoms with E-state index in [2.05, 4.69) is 6.92 Å². The molecule has 0 saturated carbocycles. The Morgan fingerprint density at radius 1 is 1.20 bits per heavy atom. The molecule has 0 amide bonds. The molecule has 0 radical (unpaired) electrons. The van der Waals surface area contributed by atoms with Crippen LogP contribution in [0, 0.1) is 6.92 Å². The first-order chi connectivity index (χ1) is 7.25. The topological polar surface area (TPSA) is 39.2 Å². The molecule has 0 aliphatic carbocycles. The fraction of sp³-hybridized carbons (Fsp3) is 0.167. The van der Waals surface area contributed by atoms with Crippen LogP contribution in [0.25, 0.3) is 0 Å². The summed E-state index contributed by atoms with van der Waals surface area (Å²) in [6, 6.07) is 9.87. The number of rotatable bonds is 3. The molecule has 1 heterocycles. The van der Waals surface area contributed by atoms with Crippen molar-refractivity contribution in [2.45, 2.75) is 17.6 Å². The number of nitrogens with two attached hydrogens (primary N) is 1. The van der Waals surface area contributed by atoms with E-state index in [0.717, 1.165) is 17.2 Å². The van der Waals surface area contributed by atoms with Gasteiger partial charge in [0.2, 0.25) is 0 Å². The molecular weight excluding hydrogens is 206 g/mol. The van der Waals surface area contributed by atoms with Gasteiger partial charge >= 0.3 is 0 Å². The maximum Gasteiger partial charge on any atom is 0.116 e. The van der Waals surface area contributed by atoms with Crippen molar-refractivity contribution in [3.05, 3.63) is 47.9 Å². The molecule has 0 aliphatic heterocycles. The molecule has 0 atom stereocenters. The number of thioether (sulfide) groups is 1. The van der Waals surface area contributed by atoms with Gasteiger partial charge < -0.3 is 10.2 Å². The molecule has 0 spiro atoms. The largest absolute Gasteiger partial charge is 0.468 e. The zero-order chi connectivity index (χ0) is 10.7. The van der Waals surface area contributed by atoms with Crippen LogP contribution in [0.15, 0.2) is 45.9 Å². The van der Waals surface area contributed by atoms with Gasteiger partial charge in [0.15, 0.2) is 0 Å². The minimum absolute atomic E-state index is 0.800. The molecular formula is C12H13NOS. The van der Waals surface area contributed by atoms with E-state index in [1.807, 2.05) is 30.3 Å². The summed E-state index contributed by atoms with van der Waals surface area (Å²) in [5.41, 5.74) is 7.62. The molecule has 2 aromatic rings. The van der Waals surface area contributed by atoms with Crippen LogP contribution in [-0.4, -0.2) is 0 Å². The first kappa shape index (κ1) is 10.2.